The minimum Gasteiger partial charge on any atom is -0.399 e. The van der Waals surface area contributed by atoms with E-state index in [1.165, 1.54) is 24.9 Å². The molecule has 1 aromatic rings. The molecule has 17 heavy (non-hydrogen) atoms. The van der Waals surface area contributed by atoms with Crippen LogP contribution in [0.5, 0.6) is 0 Å². The van der Waals surface area contributed by atoms with E-state index in [9.17, 15) is 0 Å². The Bertz CT molecular complexity index is 380. The summed E-state index contributed by atoms with van der Waals surface area (Å²) < 4.78 is 1.04. The molecule has 0 spiro atoms. The summed E-state index contributed by atoms with van der Waals surface area (Å²) in [4.78, 5) is 2.39. The number of aliphatic hydroxyl groups excluding tert-OH is 1. The second-order valence-corrected chi connectivity index (χ2v) is 5.42. The van der Waals surface area contributed by atoms with Gasteiger partial charge in [0.15, 0.2) is 0 Å². The summed E-state index contributed by atoms with van der Waals surface area (Å²) in [6, 6.07) is 6.57. The lowest BCUT2D eigenvalue weighted by atomic mass is 9.91. The molecule has 1 fully saturated rings. The van der Waals surface area contributed by atoms with Crippen LogP contribution in [0, 0.1) is 0 Å². The van der Waals surface area contributed by atoms with E-state index in [1.54, 1.807) is 0 Å². The average molecular weight is 299 g/mol. The molecule has 3 N–H and O–H groups in total. The fraction of sp³-hybridized carbons (Fsp3) is 0.538. The molecule has 0 aromatic heterocycles. The van der Waals surface area contributed by atoms with Crippen molar-refractivity contribution in [3.05, 3.63) is 22.7 Å². The van der Waals surface area contributed by atoms with Gasteiger partial charge in [0.05, 0.1) is 5.69 Å². The predicted octanol–water partition coefficient (Wildman–Crippen LogP) is 2.77. The fourth-order valence-corrected chi connectivity index (χ4v) is 2.82. The van der Waals surface area contributed by atoms with E-state index >= 15 is 0 Å². The lowest BCUT2D eigenvalue weighted by Gasteiger charge is -2.39. The molecule has 1 aliphatic rings. The Morgan fingerprint density at radius 2 is 2.18 bits per heavy atom. The van der Waals surface area contributed by atoms with Crippen molar-refractivity contribution in [2.45, 2.75) is 31.7 Å². The molecule has 1 aromatic carbocycles. The smallest absolute Gasteiger partial charge is 0.0514 e. The van der Waals surface area contributed by atoms with Gasteiger partial charge in [-0.05, 0) is 59.8 Å². The van der Waals surface area contributed by atoms with Crippen molar-refractivity contribution >= 4 is 27.3 Å². The summed E-state index contributed by atoms with van der Waals surface area (Å²) in [5.41, 5.74) is 7.73. The van der Waals surface area contributed by atoms with Crippen LogP contribution in [0.3, 0.4) is 0 Å². The third kappa shape index (κ3) is 2.93. The van der Waals surface area contributed by atoms with Crippen molar-refractivity contribution in [1.82, 2.24) is 0 Å². The first-order valence-electron chi connectivity index (χ1n) is 6.15. The Morgan fingerprint density at radius 3 is 2.71 bits per heavy atom. The maximum absolute atomic E-state index is 8.99. The van der Waals surface area contributed by atoms with Crippen LogP contribution in [0.15, 0.2) is 22.7 Å². The molecule has 3 nitrogen and oxygen atoms in total. The van der Waals surface area contributed by atoms with Gasteiger partial charge in [-0.1, -0.05) is 0 Å². The first-order chi connectivity index (χ1) is 8.22. The second kappa shape index (κ2) is 5.74. The lowest BCUT2D eigenvalue weighted by molar-refractivity contribution is 0.283. The van der Waals surface area contributed by atoms with E-state index in [-0.39, 0.29) is 6.61 Å². The average Bonchev–Trinajstić information content (AvgIpc) is 2.22. The van der Waals surface area contributed by atoms with Gasteiger partial charge in [-0.2, -0.15) is 0 Å². The highest BCUT2D eigenvalue weighted by atomic mass is 79.9. The minimum absolute atomic E-state index is 0.246. The second-order valence-electron chi connectivity index (χ2n) is 4.57. The largest absolute Gasteiger partial charge is 0.399 e. The highest BCUT2D eigenvalue weighted by Gasteiger charge is 2.25. The van der Waals surface area contributed by atoms with E-state index in [2.05, 4.69) is 26.9 Å². The van der Waals surface area contributed by atoms with Gasteiger partial charge in [-0.3, -0.25) is 0 Å². The molecule has 4 heteroatoms. The Kier molecular flexibility index (Phi) is 4.29. The Morgan fingerprint density at radius 1 is 1.41 bits per heavy atom. The molecule has 0 heterocycles. The van der Waals surface area contributed by atoms with Gasteiger partial charge >= 0.3 is 0 Å². The van der Waals surface area contributed by atoms with Crippen molar-refractivity contribution in [2.75, 3.05) is 23.8 Å². The van der Waals surface area contributed by atoms with E-state index in [0.29, 0.717) is 6.04 Å². The molecular weight excluding hydrogens is 280 g/mol. The molecule has 0 saturated heterocycles. The van der Waals surface area contributed by atoms with E-state index in [4.69, 9.17) is 10.8 Å². The van der Waals surface area contributed by atoms with E-state index in [0.717, 1.165) is 23.1 Å². The summed E-state index contributed by atoms with van der Waals surface area (Å²) >= 11 is 3.58. The number of nitrogens with zero attached hydrogens (tertiary/aromatic N) is 1. The van der Waals surface area contributed by atoms with Crippen molar-refractivity contribution in [1.29, 1.82) is 0 Å². The summed E-state index contributed by atoms with van der Waals surface area (Å²) in [5, 5.41) is 8.99. The number of nitrogens with two attached hydrogens (primary N) is 1. The number of halogens is 1. The zero-order valence-corrected chi connectivity index (χ0v) is 11.5. The first-order valence-corrected chi connectivity index (χ1v) is 6.94. The normalized spacial score (nSPS) is 15.6. The van der Waals surface area contributed by atoms with Gasteiger partial charge in [0.2, 0.25) is 0 Å². The van der Waals surface area contributed by atoms with Crippen LogP contribution in [0.4, 0.5) is 11.4 Å². The zero-order chi connectivity index (χ0) is 12.3. The Balaban J connectivity index is 2.17. The molecule has 2 rings (SSSR count). The van der Waals surface area contributed by atoms with Crippen LogP contribution in [0.25, 0.3) is 0 Å². The first kappa shape index (κ1) is 12.7. The molecule has 0 bridgehead atoms. The number of nitrogen functional groups attached to an aromatic ring is 1. The van der Waals surface area contributed by atoms with Gasteiger partial charge in [0.1, 0.15) is 0 Å². The van der Waals surface area contributed by atoms with Crippen molar-refractivity contribution in [2.24, 2.45) is 0 Å². The minimum atomic E-state index is 0.246. The molecule has 0 amide bonds. The molecule has 0 unspecified atom stereocenters. The fourth-order valence-electron chi connectivity index (χ4n) is 2.20. The van der Waals surface area contributed by atoms with Crippen LogP contribution in [-0.4, -0.2) is 24.3 Å². The van der Waals surface area contributed by atoms with Crippen LogP contribution in [0.2, 0.25) is 0 Å². The van der Waals surface area contributed by atoms with Gasteiger partial charge in [0.25, 0.3) is 0 Å². The number of hydrogen-bond acceptors (Lipinski definition) is 3. The zero-order valence-electron chi connectivity index (χ0n) is 9.90. The van der Waals surface area contributed by atoms with Crippen LogP contribution in [-0.2, 0) is 0 Å². The molecular formula is C13H19BrN2O. The number of anilines is 2. The molecule has 1 aliphatic carbocycles. The highest BCUT2D eigenvalue weighted by molar-refractivity contribution is 9.10. The van der Waals surface area contributed by atoms with Gasteiger partial charge < -0.3 is 15.7 Å². The third-order valence-corrected chi connectivity index (χ3v) is 3.99. The van der Waals surface area contributed by atoms with Crippen molar-refractivity contribution in [3.8, 4) is 0 Å². The van der Waals surface area contributed by atoms with Gasteiger partial charge in [-0.25, -0.2) is 0 Å². The standard InChI is InChI=1S/C13H19BrN2O/c14-12-9-10(15)5-6-13(12)16(7-2-8-17)11-3-1-4-11/h5-6,9,11,17H,1-4,7-8,15H2. The summed E-state index contributed by atoms with van der Waals surface area (Å²) in [7, 11) is 0. The Hall–Kier alpha value is -0.740. The molecule has 94 valence electrons. The topological polar surface area (TPSA) is 49.5 Å². The third-order valence-electron chi connectivity index (χ3n) is 3.35. The number of aliphatic hydroxyl groups is 1. The quantitative estimate of drug-likeness (QED) is 0.822. The maximum atomic E-state index is 8.99. The van der Waals surface area contributed by atoms with Crippen LogP contribution < -0.4 is 10.6 Å². The van der Waals surface area contributed by atoms with E-state index < -0.39 is 0 Å². The number of hydrogen-bond donors (Lipinski definition) is 2. The predicted molar refractivity (Wildman–Crippen MR) is 75.2 cm³/mol. The lowest BCUT2D eigenvalue weighted by Crippen LogP contribution is -2.41. The van der Waals surface area contributed by atoms with Crippen molar-refractivity contribution in [3.63, 3.8) is 0 Å². The van der Waals surface area contributed by atoms with E-state index in [1.807, 2.05) is 12.1 Å². The SMILES string of the molecule is Nc1ccc(N(CCCO)C2CCC2)c(Br)c1. The van der Waals surface area contributed by atoms with Crippen LogP contribution >= 0.6 is 15.9 Å². The van der Waals surface area contributed by atoms with Gasteiger partial charge in [-0.15, -0.1) is 0 Å². The summed E-state index contributed by atoms with van der Waals surface area (Å²) in [6.45, 7) is 1.15. The van der Waals surface area contributed by atoms with Crippen LogP contribution in [0.1, 0.15) is 25.7 Å². The maximum Gasteiger partial charge on any atom is 0.0514 e. The molecule has 0 radical (unpaired) electrons. The van der Waals surface area contributed by atoms with Gasteiger partial charge in [0, 0.05) is 29.4 Å². The molecule has 1 saturated carbocycles. The van der Waals surface area contributed by atoms with Crippen molar-refractivity contribution < 1.29 is 5.11 Å². The molecule has 0 aliphatic heterocycles. The molecule has 0 atom stereocenters. The number of benzene rings is 1. The Labute approximate surface area is 111 Å². The monoisotopic (exact) mass is 298 g/mol. The summed E-state index contributed by atoms with van der Waals surface area (Å²) in [6.07, 6.45) is 4.63. The highest BCUT2D eigenvalue weighted by Crippen LogP contribution is 2.35. The number of rotatable bonds is 5. The summed E-state index contributed by atoms with van der Waals surface area (Å²) in [5.74, 6) is 0.